The summed E-state index contributed by atoms with van der Waals surface area (Å²) in [6, 6.07) is 12.9. The molecule has 1 unspecified atom stereocenters. The van der Waals surface area contributed by atoms with Crippen molar-refractivity contribution < 1.29 is 9.69 Å². The summed E-state index contributed by atoms with van der Waals surface area (Å²) < 4.78 is 1.10. The third kappa shape index (κ3) is 4.41. The third-order valence-electron chi connectivity index (χ3n) is 3.47. The molecule has 22 heavy (non-hydrogen) atoms. The van der Waals surface area contributed by atoms with Crippen LogP contribution in [0.3, 0.4) is 0 Å². The fourth-order valence-corrected chi connectivity index (χ4v) is 3.59. The molecule has 0 saturated carbocycles. The highest BCUT2D eigenvalue weighted by atomic mass is 79.9. The second-order valence-electron chi connectivity index (χ2n) is 5.13. The zero-order valence-corrected chi connectivity index (χ0v) is 14.8. The number of halogens is 1. The highest BCUT2D eigenvalue weighted by Gasteiger charge is 2.22. The van der Waals surface area contributed by atoms with Gasteiger partial charge in [0.2, 0.25) is 0 Å². The molecule has 2 aromatic rings. The fourth-order valence-electron chi connectivity index (χ4n) is 2.02. The van der Waals surface area contributed by atoms with Crippen LogP contribution < -0.4 is 10.2 Å². The van der Waals surface area contributed by atoms with Crippen LogP contribution in [-0.4, -0.2) is 19.0 Å². The Kier molecular flexibility index (Phi) is 5.72. The zero-order valence-electron chi connectivity index (χ0n) is 12.4. The Morgan fingerprint density at radius 3 is 2.86 bits per heavy atom. The van der Waals surface area contributed by atoms with Gasteiger partial charge in [-0.1, -0.05) is 6.07 Å². The molecule has 114 valence electrons. The minimum atomic E-state index is -0.188. The van der Waals surface area contributed by atoms with Gasteiger partial charge >= 0.3 is 0 Å². The third-order valence-corrected chi connectivity index (χ3v) is 5.10. The number of hydrogen-bond acceptors (Lipinski definition) is 3. The van der Waals surface area contributed by atoms with Crippen LogP contribution in [0.4, 0.5) is 5.69 Å². The molecule has 1 amide bonds. The Labute approximate surface area is 142 Å². The van der Waals surface area contributed by atoms with Gasteiger partial charge in [-0.05, 0) is 53.2 Å². The van der Waals surface area contributed by atoms with Crippen molar-refractivity contribution in [2.45, 2.75) is 19.5 Å². The van der Waals surface area contributed by atoms with E-state index in [9.17, 15) is 4.79 Å². The molecule has 0 aliphatic heterocycles. The molecule has 2 atom stereocenters. The van der Waals surface area contributed by atoms with E-state index in [-0.39, 0.29) is 11.9 Å². The number of rotatable bonds is 5. The van der Waals surface area contributed by atoms with Gasteiger partial charge in [-0.3, -0.25) is 4.79 Å². The maximum Gasteiger partial charge on any atom is 0.282 e. The van der Waals surface area contributed by atoms with E-state index in [1.807, 2.05) is 20.0 Å². The second kappa shape index (κ2) is 7.54. The maximum absolute atomic E-state index is 12.3. The fraction of sp³-hybridized carbons (Fsp3) is 0.250. The molecule has 0 bridgehead atoms. The number of nitrogens with one attached hydrogen (secondary N) is 2. The van der Waals surface area contributed by atoms with Crippen molar-refractivity contribution in [1.29, 1.82) is 5.26 Å². The van der Waals surface area contributed by atoms with Gasteiger partial charge in [-0.25, -0.2) is 0 Å². The number of carbonyl (C=O) groups is 1. The van der Waals surface area contributed by atoms with Gasteiger partial charge in [0.25, 0.3) is 5.91 Å². The number of amides is 1. The van der Waals surface area contributed by atoms with Crippen molar-refractivity contribution in [1.82, 2.24) is 0 Å². The Balaban J connectivity index is 1.97. The summed E-state index contributed by atoms with van der Waals surface area (Å²) in [6.45, 7) is 2.70. The standard InChI is InChI=1S/C16H16BrN3OS/c1-11(20(2)10-14-6-7-15(17)22-14)16(21)19-13-5-3-4-12(8-13)9-18/h3-8,11H,10H2,1-2H3,(H,19,21)/p+1/t11-/m0/s1. The van der Waals surface area contributed by atoms with E-state index >= 15 is 0 Å². The number of quaternary nitrogens is 1. The summed E-state index contributed by atoms with van der Waals surface area (Å²) in [7, 11) is 2.00. The SMILES string of the molecule is C[C@@H](C(=O)Nc1cccc(C#N)c1)[NH+](C)Cc1ccc(Br)s1. The van der Waals surface area contributed by atoms with Crippen LogP contribution in [0.5, 0.6) is 0 Å². The Morgan fingerprint density at radius 2 is 2.23 bits per heavy atom. The van der Waals surface area contributed by atoms with Gasteiger partial charge < -0.3 is 10.2 Å². The van der Waals surface area contributed by atoms with Gasteiger partial charge in [0.05, 0.1) is 27.3 Å². The van der Waals surface area contributed by atoms with Crippen LogP contribution in [0.1, 0.15) is 17.4 Å². The molecular weight excluding hydrogens is 362 g/mol. The van der Waals surface area contributed by atoms with Gasteiger partial charge in [-0.15, -0.1) is 11.3 Å². The number of thiophene rings is 1. The first-order valence-corrected chi connectivity index (χ1v) is 8.48. The van der Waals surface area contributed by atoms with Crippen molar-refractivity contribution >= 4 is 38.9 Å². The van der Waals surface area contributed by atoms with Crippen LogP contribution in [0.15, 0.2) is 40.2 Å². The normalized spacial score (nSPS) is 13.2. The van der Waals surface area contributed by atoms with Crippen LogP contribution in [0.2, 0.25) is 0 Å². The lowest BCUT2D eigenvalue weighted by atomic mass is 10.2. The van der Waals surface area contributed by atoms with Crippen molar-refractivity contribution in [3.63, 3.8) is 0 Å². The maximum atomic E-state index is 12.3. The number of anilines is 1. The van der Waals surface area contributed by atoms with Gasteiger partial charge in [-0.2, -0.15) is 5.26 Å². The molecule has 0 aliphatic rings. The van der Waals surface area contributed by atoms with Crippen LogP contribution in [-0.2, 0) is 11.3 Å². The van der Waals surface area contributed by atoms with Gasteiger partial charge in [0, 0.05) is 5.69 Å². The molecule has 1 aromatic heterocycles. The lowest BCUT2D eigenvalue weighted by Gasteiger charge is -2.20. The van der Waals surface area contributed by atoms with E-state index in [1.165, 1.54) is 4.88 Å². The molecular formula is C16H17BrN3OS+. The molecule has 2 rings (SSSR count). The van der Waals surface area contributed by atoms with E-state index in [4.69, 9.17) is 5.26 Å². The van der Waals surface area contributed by atoms with Gasteiger partial charge in [0.15, 0.2) is 6.04 Å². The molecule has 0 radical (unpaired) electrons. The summed E-state index contributed by atoms with van der Waals surface area (Å²) in [6.07, 6.45) is 0. The van der Waals surface area contributed by atoms with E-state index in [0.717, 1.165) is 15.2 Å². The number of carbonyl (C=O) groups excluding carboxylic acids is 1. The smallest absolute Gasteiger partial charge is 0.282 e. The van der Waals surface area contributed by atoms with E-state index in [1.54, 1.807) is 35.6 Å². The van der Waals surface area contributed by atoms with Crippen LogP contribution in [0.25, 0.3) is 0 Å². The van der Waals surface area contributed by atoms with Crippen molar-refractivity contribution in [2.75, 3.05) is 12.4 Å². The summed E-state index contributed by atoms with van der Waals surface area (Å²) in [5.41, 5.74) is 1.19. The lowest BCUT2D eigenvalue weighted by molar-refractivity contribution is -0.907. The molecule has 1 heterocycles. The predicted molar refractivity (Wildman–Crippen MR) is 91.9 cm³/mol. The first kappa shape index (κ1) is 16.7. The monoisotopic (exact) mass is 378 g/mol. The summed E-state index contributed by atoms with van der Waals surface area (Å²) in [5, 5.41) is 11.8. The summed E-state index contributed by atoms with van der Waals surface area (Å²) in [5.74, 6) is -0.0526. The largest absolute Gasteiger partial charge is 0.323 e. The average molecular weight is 379 g/mol. The number of nitrogens with zero attached hydrogens (tertiary/aromatic N) is 1. The van der Waals surface area contributed by atoms with E-state index < -0.39 is 0 Å². The minimum Gasteiger partial charge on any atom is -0.323 e. The minimum absolute atomic E-state index is 0.0526. The van der Waals surface area contributed by atoms with Crippen LogP contribution in [0, 0.1) is 11.3 Å². The topological polar surface area (TPSA) is 57.3 Å². The summed E-state index contributed by atoms with van der Waals surface area (Å²) in [4.78, 5) is 14.7. The number of hydrogen-bond donors (Lipinski definition) is 2. The molecule has 2 N–H and O–H groups in total. The molecule has 6 heteroatoms. The summed E-state index contributed by atoms with van der Waals surface area (Å²) >= 11 is 5.13. The van der Waals surface area contributed by atoms with Crippen molar-refractivity contribution in [3.05, 3.63) is 50.6 Å². The van der Waals surface area contributed by atoms with Crippen LogP contribution >= 0.6 is 27.3 Å². The Morgan fingerprint density at radius 1 is 1.45 bits per heavy atom. The number of benzene rings is 1. The average Bonchev–Trinajstić information content (AvgIpc) is 2.91. The molecule has 1 aromatic carbocycles. The highest BCUT2D eigenvalue weighted by molar-refractivity contribution is 9.11. The zero-order chi connectivity index (χ0) is 16.1. The quantitative estimate of drug-likeness (QED) is 0.839. The number of nitriles is 1. The first-order chi connectivity index (χ1) is 10.5. The molecule has 0 spiro atoms. The first-order valence-electron chi connectivity index (χ1n) is 6.87. The van der Waals surface area contributed by atoms with Crippen molar-refractivity contribution in [2.24, 2.45) is 0 Å². The van der Waals surface area contributed by atoms with Gasteiger partial charge in [0.1, 0.15) is 6.54 Å². The number of likely N-dealkylation sites (N-methyl/N-ethyl adjacent to an activating group) is 1. The Bertz CT molecular complexity index is 707. The predicted octanol–water partition coefficient (Wildman–Crippen LogP) is 2.42. The van der Waals surface area contributed by atoms with Crippen molar-refractivity contribution in [3.8, 4) is 6.07 Å². The second-order valence-corrected chi connectivity index (χ2v) is 7.68. The van der Waals surface area contributed by atoms with E-state index in [0.29, 0.717) is 11.3 Å². The Hall–Kier alpha value is -1.68. The molecule has 0 aliphatic carbocycles. The molecule has 0 saturated heterocycles. The van der Waals surface area contributed by atoms with E-state index in [2.05, 4.69) is 33.4 Å². The lowest BCUT2D eigenvalue weighted by Crippen LogP contribution is -3.12. The molecule has 0 fully saturated rings. The molecule has 4 nitrogen and oxygen atoms in total. The highest BCUT2D eigenvalue weighted by Crippen LogP contribution is 2.21.